The van der Waals surface area contributed by atoms with Crippen LogP contribution < -0.4 is 4.74 Å². The van der Waals surface area contributed by atoms with Crippen LogP contribution in [0.1, 0.15) is 18.1 Å². The molecule has 180 valence electrons. The second kappa shape index (κ2) is 8.85. The fourth-order valence-corrected chi connectivity index (χ4v) is 5.07. The van der Waals surface area contributed by atoms with Crippen LogP contribution in [-0.2, 0) is 16.2 Å². The lowest BCUT2D eigenvalue weighted by molar-refractivity contribution is -0.137. The number of β-amino-alcohol motifs (C(OH)–C–C–N with tert-alkyl or cyclic N) is 1. The fourth-order valence-electron chi connectivity index (χ4n) is 3.48. The highest BCUT2D eigenvalue weighted by Crippen LogP contribution is 2.38. The van der Waals surface area contributed by atoms with Crippen molar-refractivity contribution in [3.05, 3.63) is 64.8 Å². The molecule has 0 unspecified atom stereocenters. The Balaban J connectivity index is 1.97. The van der Waals surface area contributed by atoms with Crippen LogP contribution in [0.25, 0.3) is 4.85 Å². The first kappa shape index (κ1) is 25.4. The average molecular weight is 499 g/mol. The Hall–Kier alpha value is -3.23. The van der Waals surface area contributed by atoms with Gasteiger partial charge in [-0.3, -0.25) is 0 Å². The van der Waals surface area contributed by atoms with Crippen molar-refractivity contribution in [3.8, 4) is 11.8 Å². The summed E-state index contributed by atoms with van der Waals surface area (Å²) >= 11 is 0. The van der Waals surface area contributed by atoms with Gasteiger partial charge in [0.1, 0.15) is 29.3 Å². The number of hydrogen-bond donors (Lipinski definition) is 2. The molecule has 0 bridgehead atoms. The Morgan fingerprint density at radius 1 is 1.32 bits per heavy atom. The zero-order valence-corrected chi connectivity index (χ0v) is 18.2. The number of hydrogen-bond acceptors (Lipinski definition) is 6. The summed E-state index contributed by atoms with van der Waals surface area (Å²) in [6.07, 6.45) is -7.74. The number of nitriles is 1. The predicted octanol–water partition coefficient (Wildman–Crippen LogP) is 2.83. The number of benzene rings is 2. The highest BCUT2D eigenvalue weighted by atomic mass is 32.2. The summed E-state index contributed by atoms with van der Waals surface area (Å²) in [4.78, 5) is 2.19. The maximum absolute atomic E-state index is 13.9. The minimum absolute atomic E-state index is 0.156. The molecule has 0 radical (unpaired) electrons. The molecule has 1 aliphatic rings. The zero-order chi connectivity index (χ0) is 25.5. The van der Waals surface area contributed by atoms with E-state index in [0.717, 1.165) is 12.1 Å². The second-order valence-electron chi connectivity index (χ2n) is 7.62. The second-order valence-corrected chi connectivity index (χ2v) is 9.52. The van der Waals surface area contributed by atoms with Crippen LogP contribution in [0.2, 0.25) is 0 Å². The van der Waals surface area contributed by atoms with Gasteiger partial charge in [-0.2, -0.15) is 22.7 Å². The summed E-state index contributed by atoms with van der Waals surface area (Å²) in [6.45, 7) is 7.02. The molecule has 1 aliphatic heterocycles. The Bertz CT molecular complexity index is 1300. The van der Waals surface area contributed by atoms with Crippen molar-refractivity contribution in [2.75, 3.05) is 13.1 Å². The van der Waals surface area contributed by atoms with Gasteiger partial charge >= 0.3 is 6.18 Å². The lowest BCUT2D eigenvalue weighted by Gasteiger charge is -2.31. The van der Waals surface area contributed by atoms with E-state index in [9.17, 15) is 36.2 Å². The molecule has 1 heterocycles. The van der Waals surface area contributed by atoms with E-state index in [1.807, 2.05) is 0 Å². The van der Waals surface area contributed by atoms with Gasteiger partial charge in [-0.25, -0.2) is 17.7 Å². The summed E-state index contributed by atoms with van der Waals surface area (Å²) < 4.78 is 85.4. The molecule has 3 rings (SSSR count). The number of nitrogens with zero attached hydrogens (tertiary/aromatic N) is 3. The molecule has 2 aromatic carbocycles. The molecule has 2 N–H and O–H groups in total. The Morgan fingerprint density at radius 3 is 2.53 bits per heavy atom. The van der Waals surface area contributed by atoms with E-state index in [0.29, 0.717) is 22.5 Å². The van der Waals surface area contributed by atoms with Crippen LogP contribution >= 0.6 is 0 Å². The molecular formula is C21H17F4N3O5S. The zero-order valence-electron chi connectivity index (χ0n) is 17.4. The number of sulfonamides is 1. The number of halogens is 4. The monoisotopic (exact) mass is 499 g/mol. The molecule has 8 nitrogen and oxygen atoms in total. The molecule has 34 heavy (non-hydrogen) atoms. The molecule has 3 atom stereocenters. The lowest BCUT2D eigenvalue weighted by atomic mass is 9.94. The van der Waals surface area contributed by atoms with Crippen LogP contribution in [0.15, 0.2) is 41.3 Å². The van der Waals surface area contributed by atoms with E-state index in [1.54, 1.807) is 6.07 Å². The topological polar surface area (TPSA) is 115 Å². The maximum Gasteiger partial charge on any atom is 0.415 e. The largest absolute Gasteiger partial charge is 0.486 e. The van der Waals surface area contributed by atoms with Gasteiger partial charge in [-0.1, -0.05) is 12.1 Å². The third kappa shape index (κ3) is 4.56. The summed E-state index contributed by atoms with van der Waals surface area (Å²) in [5, 5.41) is 29.9. The lowest BCUT2D eigenvalue weighted by Crippen LogP contribution is -2.53. The molecule has 0 amide bonds. The van der Waals surface area contributed by atoms with Crippen molar-refractivity contribution < 1.29 is 40.9 Å². The number of aliphatic hydroxyl groups excluding tert-OH is 1. The summed E-state index contributed by atoms with van der Waals surface area (Å²) in [5.74, 6) is -1.08. The number of alkyl halides is 3. The van der Waals surface area contributed by atoms with Crippen LogP contribution in [0.3, 0.4) is 0 Å². The minimum Gasteiger partial charge on any atom is -0.486 e. The van der Waals surface area contributed by atoms with Crippen molar-refractivity contribution in [2.45, 2.75) is 35.8 Å². The van der Waals surface area contributed by atoms with Crippen molar-refractivity contribution >= 4 is 15.7 Å². The molecule has 0 aliphatic carbocycles. The van der Waals surface area contributed by atoms with Crippen molar-refractivity contribution in [2.24, 2.45) is 0 Å². The van der Waals surface area contributed by atoms with Gasteiger partial charge in [-0.15, -0.1) is 0 Å². The van der Waals surface area contributed by atoms with Crippen molar-refractivity contribution in [1.82, 2.24) is 4.31 Å². The molecule has 2 aromatic rings. The third-order valence-electron chi connectivity index (χ3n) is 5.44. The maximum atomic E-state index is 13.9. The summed E-state index contributed by atoms with van der Waals surface area (Å²) in [5.41, 5.74) is -4.43. The first-order chi connectivity index (χ1) is 15.7. The SMILES string of the molecule is [C-]#[N+]c1cc(C(F)(F)F)ccc1S(=O)(=O)N1C[C@H](Oc2ccc(C#N)c(F)c2)[C@](O)([C@@H](C)O)C1. The molecule has 1 fully saturated rings. The fraction of sp³-hybridized carbons (Fsp3) is 0.333. The van der Waals surface area contributed by atoms with Gasteiger partial charge in [-0.05, 0) is 25.1 Å². The van der Waals surface area contributed by atoms with Gasteiger partial charge in [0.2, 0.25) is 15.7 Å². The molecule has 1 saturated heterocycles. The van der Waals surface area contributed by atoms with Crippen molar-refractivity contribution in [1.29, 1.82) is 5.26 Å². The van der Waals surface area contributed by atoms with E-state index in [-0.39, 0.29) is 11.3 Å². The normalized spacial score (nSPS) is 22.1. The Morgan fingerprint density at radius 2 is 2.00 bits per heavy atom. The number of ether oxygens (including phenoxy) is 1. The quantitative estimate of drug-likeness (QED) is 0.483. The van der Waals surface area contributed by atoms with E-state index < -0.39 is 69.1 Å². The minimum atomic E-state index is -4.79. The van der Waals surface area contributed by atoms with E-state index in [1.165, 1.54) is 13.0 Å². The Labute approximate surface area is 192 Å². The Kier molecular flexibility index (Phi) is 6.61. The van der Waals surface area contributed by atoms with Crippen molar-refractivity contribution in [3.63, 3.8) is 0 Å². The van der Waals surface area contributed by atoms with Crippen LogP contribution in [0.4, 0.5) is 23.2 Å². The van der Waals surface area contributed by atoms with Gasteiger partial charge in [0.25, 0.3) is 0 Å². The van der Waals surface area contributed by atoms with E-state index >= 15 is 0 Å². The summed E-state index contributed by atoms with van der Waals surface area (Å²) in [6, 6.07) is 6.37. The van der Waals surface area contributed by atoms with E-state index in [4.69, 9.17) is 16.6 Å². The third-order valence-corrected chi connectivity index (χ3v) is 7.30. The van der Waals surface area contributed by atoms with E-state index in [2.05, 4.69) is 4.85 Å². The van der Waals surface area contributed by atoms with Crippen LogP contribution in [-0.4, -0.2) is 53.8 Å². The van der Waals surface area contributed by atoms with Gasteiger partial charge in [0.15, 0.2) is 0 Å². The number of aliphatic hydroxyl groups is 2. The number of rotatable bonds is 5. The van der Waals surface area contributed by atoms with Gasteiger partial charge in [0, 0.05) is 18.2 Å². The van der Waals surface area contributed by atoms with Crippen LogP contribution in [0.5, 0.6) is 5.75 Å². The highest BCUT2D eigenvalue weighted by Gasteiger charge is 2.54. The standard InChI is InChI=1S/C21H17F4N3O5S/c1-12(29)20(30)11-28(10-19(20)33-15-5-3-13(9-26)16(22)8-15)34(31,32)18-6-4-14(21(23,24)25)7-17(18)27-2/h3-8,12,19,29-30H,10-11H2,1H3/t12-,19+,20-/m1/s1. The molecule has 0 spiro atoms. The smallest absolute Gasteiger partial charge is 0.415 e. The average Bonchev–Trinajstić information content (AvgIpc) is 3.11. The molecule has 13 heteroatoms. The summed E-state index contributed by atoms with van der Waals surface area (Å²) in [7, 11) is -4.61. The van der Waals surface area contributed by atoms with Gasteiger partial charge in [0.05, 0.1) is 29.7 Å². The molecule has 0 saturated carbocycles. The first-order valence-electron chi connectivity index (χ1n) is 9.59. The van der Waals surface area contributed by atoms with Gasteiger partial charge < -0.3 is 14.9 Å². The predicted molar refractivity (Wildman–Crippen MR) is 109 cm³/mol. The molecule has 0 aromatic heterocycles. The first-order valence-corrected chi connectivity index (χ1v) is 11.0. The highest BCUT2D eigenvalue weighted by molar-refractivity contribution is 7.89. The van der Waals surface area contributed by atoms with Crippen LogP contribution in [0, 0.1) is 23.7 Å². The molecular weight excluding hydrogens is 482 g/mol.